The molecule has 2 rings (SSSR count). The van der Waals surface area contributed by atoms with Crippen LogP contribution in [-0.2, 0) is 0 Å². The van der Waals surface area contributed by atoms with Gasteiger partial charge in [-0.1, -0.05) is 6.92 Å². The van der Waals surface area contributed by atoms with Crippen molar-refractivity contribution in [3.8, 4) is 6.01 Å². The smallest absolute Gasteiger partial charge is 0.321 e. The van der Waals surface area contributed by atoms with Crippen LogP contribution in [0.3, 0.4) is 0 Å². The summed E-state index contributed by atoms with van der Waals surface area (Å²) in [6.07, 6.45) is 0.950. The lowest BCUT2D eigenvalue weighted by atomic mass is 10.5. The van der Waals surface area contributed by atoms with Crippen molar-refractivity contribution < 1.29 is 4.74 Å². The van der Waals surface area contributed by atoms with Crippen LogP contribution in [0.2, 0.25) is 0 Å². The van der Waals surface area contributed by atoms with Gasteiger partial charge in [-0.3, -0.25) is 0 Å². The molecule has 0 aliphatic rings. The van der Waals surface area contributed by atoms with Crippen molar-refractivity contribution in [3.05, 3.63) is 6.07 Å². The minimum atomic E-state index is 0.211. The Kier molecular flexibility index (Phi) is 4.93. The first-order valence-electron chi connectivity index (χ1n) is 6.22. The molecule has 0 bridgehead atoms. The molecular weight excluding hydrogens is 292 g/mol. The maximum absolute atomic E-state index is 5.63. The minimum absolute atomic E-state index is 0.211. The first-order valence-corrected chi connectivity index (χ1v) is 7.04. The number of hydrogen-bond donors (Lipinski definition) is 3. The Morgan fingerprint density at radius 1 is 1.10 bits per heavy atom. The van der Waals surface area contributed by atoms with Crippen LogP contribution in [0.25, 0.3) is 0 Å². The zero-order chi connectivity index (χ0) is 15.2. The summed E-state index contributed by atoms with van der Waals surface area (Å²) in [6.45, 7) is 2.80. The molecule has 0 unspecified atom stereocenters. The molecule has 0 aliphatic carbocycles. The van der Waals surface area contributed by atoms with Crippen LogP contribution in [0.1, 0.15) is 13.3 Å². The van der Waals surface area contributed by atoms with Gasteiger partial charge in [-0.25, -0.2) is 9.97 Å². The summed E-state index contributed by atoms with van der Waals surface area (Å²) in [5, 5.41) is 3.83. The number of ether oxygens (including phenoxy) is 1. The van der Waals surface area contributed by atoms with Crippen molar-refractivity contribution in [2.24, 2.45) is 0 Å². The van der Waals surface area contributed by atoms with Gasteiger partial charge in [0.25, 0.3) is 0 Å². The van der Waals surface area contributed by atoms with Crippen LogP contribution in [-0.4, -0.2) is 38.6 Å². The van der Waals surface area contributed by atoms with E-state index in [4.69, 9.17) is 16.2 Å². The molecule has 0 saturated carbocycles. The van der Waals surface area contributed by atoms with Crippen LogP contribution < -0.4 is 21.5 Å². The van der Waals surface area contributed by atoms with Gasteiger partial charge in [-0.2, -0.15) is 15.0 Å². The summed E-state index contributed by atoms with van der Waals surface area (Å²) in [4.78, 5) is 20.6. The molecule has 0 amide bonds. The van der Waals surface area contributed by atoms with E-state index in [1.807, 2.05) is 6.92 Å². The lowest BCUT2D eigenvalue weighted by Crippen LogP contribution is -2.07. The second-order valence-electron chi connectivity index (χ2n) is 3.96. The summed E-state index contributed by atoms with van der Waals surface area (Å²) in [5.74, 6) is 1.01. The number of nitrogens with zero attached hydrogens (tertiary/aromatic N) is 5. The molecule has 0 fully saturated rings. The highest BCUT2D eigenvalue weighted by Crippen LogP contribution is 2.24. The van der Waals surface area contributed by atoms with Crippen molar-refractivity contribution in [1.29, 1.82) is 0 Å². The van der Waals surface area contributed by atoms with Crippen molar-refractivity contribution >= 4 is 29.3 Å². The summed E-state index contributed by atoms with van der Waals surface area (Å²) in [6, 6.07) is 1.69. The first-order chi connectivity index (χ1) is 10.1. The molecule has 9 nitrogen and oxygen atoms in total. The van der Waals surface area contributed by atoms with Gasteiger partial charge in [-0.05, 0) is 18.2 Å². The molecule has 2 aromatic rings. The average molecular weight is 308 g/mol. The monoisotopic (exact) mass is 308 g/mol. The normalized spacial score (nSPS) is 10.4. The zero-order valence-corrected chi connectivity index (χ0v) is 12.5. The third-order valence-corrected chi connectivity index (χ3v) is 2.97. The van der Waals surface area contributed by atoms with Gasteiger partial charge in [0.15, 0.2) is 5.16 Å². The number of rotatable bonds is 6. The Bertz CT molecular complexity index is 603. The Morgan fingerprint density at radius 2 is 1.76 bits per heavy atom. The molecule has 10 heteroatoms. The number of nitrogens with one attached hydrogen (secondary N) is 1. The number of methoxy groups -OCH3 is 1. The fourth-order valence-corrected chi connectivity index (χ4v) is 2.10. The maximum atomic E-state index is 5.63. The minimum Gasteiger partial charge on any atom is -0.467 e. The Labute approximate surface area is 126 Å². The molecule has 2 heterocycles. The van der Waals surface area contributed by atoms with Crippen molar-refractivity contribution in [1.82, 2.24) is 24.9 Å². The fraction of sp³-hybridized carbons (Fsp3) is 0.364. The van der Waals surface area contributed by atoms with Crippen molar-refractivity contribution in [3.63, 3.8) is 0 Å². The first kappa shape index (κ1) is 15.0. The molecule has 21 heavy (non-hydrogen) atoms. The van der Waals surface area contributed by atoms with Crippen LogP contribution in [0.15, 0.2) is 16.4 Å². The van der Waals surface area contributed by atoms with Crippen LogP contribution in [0.4, 0.5) is 17.6 Å². The Balaban J connectivity index is 2.25. The van der Waals surface area contributed by atoms with E-state index < -0.39 is 0 Å². The average Bonchev–Trinajstić information content (AvgIpc) is 2.43. The molecule has 0 saturated heterocycles. The highest BCUT2D eigenvalue weighted by Gasteiger charge is 2.11. The van der Waals surface area contributed by atoms with Gasteiger partial charge >= 0.3 is 6.01 Å². The van der Waals surface area contributed by atoms with Gasteiger partial charge in [-0.15, -0.1) is 0 Å². The molecule has 0 atom stereocenters. The SMILES string of the molecule is CCCNc1nc(OC)nc(Sc2nc(N)cc(N)n2)n1. The number of aromatic nitrogens is 5. The Hall–Kier alpha value is -2.36. The highest BCUT2D eigenvalue weighted by molar-refractivity contribution is 7.99. The van der Waals surface area contributed by atoms with E-state index in [1.165, 1.54) is 13.2 Å². The van der Waals surface area contributed by atoms with E-state index in [-0.39, 0.29) is 17.6 Å². The van der Waals surface area contributed by atoms with E-state index >= 15 is 0 Å². The lowest BCUT2D eigenvalue weighted by molar-refractivity contribution is 0.373. The molecule has 2 aromatic heterocycles. The lowest BCUT2D eigenvalue weighted by Gasteiger charge is -2.07. The molecule has 112 valence electrons. The number of nitrogens with two attached hydrogens (primary N) is 2. The van der Waals surface area contributed by atoms with Gasteiger partial charge < -0.3 is 21.5 Å². The summed E-state index contributed by atoms with van der Waals surface area (Å²) in [7, 11) is 1.49. The fourth-order valence-electron chi connectivity index (χ4n) is 1.38. The summed E-state index contributed by atoms with van der Waals surface area (Å²) >= 11 is 1.13. The molecule has 0 radical (unpaired) electrons. The zero-order valence-electron chi connectivity index (χ0n) is 11.7. The van der Waals surface area contributed by atoms with Crippen LogP contribution in [0, 0.1) is 0 Å². The van der Waals surface area contributed by atoms with E-state index in [0.717, 1.165) is 24.7 Å². The summed E-state index contributed by atoms with van der Waals surface area (Å²) < 4.78 is 5.05. The van der Waals surface area contributed by atoms with Gasteiger partial charge in [0.2, 0.25) is 11.1 Å². The third kappa shape index (κ3) is 4.31. The van der Waals surface area contributed by atoms with E-state index in [9.17, 15) is 0 Å². The largest absolute Gasteiger partial charge is 0.467 e. The quantitative estimate of drug-likeness (QED) is 0.657. The van der Waals surface area contributed by atoms with Crippen LogP contribution in [0.5, 0.6) is 6.01 Å². The maximum Gasteiger partial charge on any atom is 0.321 e. The van der Waals surface area contributed by atoms with E-state index in [2.05, 4.69) is 30.2 Å². The number of anilines is 3. The standard InChI is InChI=1S/C11H16N8OS/c1-3-4-14-8-17-9(20-2)19-11(18-8)21-10-15-6(12)5-7(13)16-10/h5H,3-4H2,1-2H3,(H4,12,13,15,16)(H,14,17,18,19). The van der Waals surface area contributed by atoms with Crippen molar-refractivity contribution in [2.75, 3.05) is 30.4 Å². The van der Waals surface area contributed by atoms with Gasteiger partial charge in [0.05, 0.1) is 7.11 Å². The molecule has 5 N–H and O–H groups in total. The van der Waals surface area contributed by atoms with E-state index in [1.54, 1.807) is 0 Å². The summed E-state index contributed by atoms with van der Waals surface area (Å²) in [5.41, 5.74) is 11.3. The second kappa shape index (κ2) is 6.88. The molecular formula is C11H16N8OS. The predicted octanol–water partition coefficient (Wildman–Crippen LogP) is 0.808. The number of hydrogen-bond acceptors (Lipinski definition) is 10. The predicted molar refractivity (Wildman–Crippen MR) is 80.1 cm³/mol. The topological polar surface area (TPSA) is 138 Å². The van der Waals surface area contributed by atoms with Gasteiger partial charge in [0.1, 0.15) is 11.6 Å². The molecule has 0 spiro atoms. The van der Waals surface area contributed by atoms with Crippen LogP contribution >= 0.6 is 11.8 Å². The number of nitrogen functional groups attached to an aromatic ring is 2. The molecule has 0 aromatic carbocycles. The second-order valence-corrected chi connectivity index (χ2v) is 4.89. The third-order valence-electron chi connectivity index (χ3n) is 2.24. The van der Waals surface area contributed by atoms with Crippen molar-refractivity contribution in [2.45, 2.75) is 23.7 Å². The Morgan fingerprint density at radius 3 is 2.38 bits per heavy atom. The molecule has 0 aliphatic heterocycles. The highest BCUT2D eigenvalue weighted by atomic mass is 32.2. The van der Waals surface area contributed by atoms with E-state index in [0.29, 0.717) is 16.3 Å². The van der Waals surface area contributed by atoms with Gasteiger partial charge in [0, 0.05) is 12.6 Å².